The second-order valence-corrected chi connectivity index (χ2v) is 6.18. The average molecular weight is 351 g/mol. The van der Waals surface area contributed by atoms with E-state index in [-0.39, 0.29) is 23.8 Å². The lowest BCUT2D eigenvalue weighted by atomic mass is 9.93. The number of halogens is 3. The highest BCUT2D eigenvalue weighted by Crippen LogP contribution is 2.37. The SMILES string of the molecule is CC(C)C(c1cncnc1C(F)(F)F)N(C)C(=O)Cc1ccccc1. The molecule has 0 saturated heterocycles. The highest BCUT2D eigenvalue weighted by Gasteiger charge is 2.39. The molecule has 134 valence electrons. The van der Waals surface area contributed by atoms with E-state index < -0.39 is 17.9 Å². The molecule has 2 aromatic rings. The number of nitrogens with zero attached hydrogens (tertiary/aromatic N) is 3. The zero-order valence-corrected chi connectivity index (χ0v) is 14.3. The molecule has 1 atom stereocenters. The number of alkyl halides is 3. The van der Waals surface area contributed by atoms with Gasteiger partial charge in [-0.1, -0.05) is 44.2 Å². The van der Waals surface area contributed by atoms with Crippen LogP contribution in [0, 0.1) is 5.92 Å². The molecule has 0 fully saturated rings. The summed E-state index contributed by atoms with van der Waals surface area (Å²) in [7, 11) is 1.52. The third kappa shape index (κ3) is 4.55. The Kier molecular flexibility index (Phi) is 5.77. The van der Waals surface area contributed by atoms with Gasteiger partial charge in [0.25, 0.3) is 0 Å². The van der Waals surface area contributed by atoms with Crippen molar-refractivity contribution >= 4 is 5.91 Å². The molecule has 1 unspecified atom stereocenters. The highest BCUT2D eigenvalue weighted by atomic mass is 19.4. The van der Waals surface area contributed by atoms with E-state index in [9.17, 15) is 18.0 Å². The van der Waals surface area contributed by atoms with Gasteiger partial charge in [0.05, 0.1) is 12.5 Å². The standard InChI is InChI=1S/C18H20F3N3O/c1-12(2)16(14-10-22-11-23-17(14)18(19,20)21)24(3)15(25)9-13-7-5-4-6-8-13/h4-8,10-12,16H,9H2,1-3H3. The summed E-state index contributed by atoms with van der Waals surface area (Å²) in [4.78, 5) is 21.1. The van der Waals surface area contributed by atoms with Gasteiger partial charge in [0.1, 0.15) is 6.33 Å². The first-order valence-electron chi connectivity index (χ1n) is 7.88. The van der Waals surface area contributed by atoms with Crippen LogP contribution in [0.15, 0.2) is 42.9 Å². The van der Waals surface area contributed by atoms with Crippen molar-refractivity contribution in [1.82, 2.24) is 14.9 Å². The van der Waals surface area contributed by atoms with Crippen molar-refractivity contribution in [3.8, 4) is 0 Å². The van der Waals surface area contributed by atoms with Gasteiger partial charge in [0, 0.05) is 18.8 Å². The Hall–Kier alpha value is -2.44. The molecule has 2 rings (SSSR count). The van der Waals surface area contributed by atoms with Crippen LogP contribution in [0.2, 0.25) is 0 Å². The van der Waals surface area contributed by atoms with E-state index in [4.69, 9.17) is 0 Å². The molecule has 7 heteroatoms. The Balaban J connectivity index is 2.34. The number of aromatic nitrogens is 2. The second-order valence-electron chi connectivity index (χ2n) is 6.18. The minimum Gasteiger partial charge on any atom is -0.338 e. The molecule has 1 heterocycles. The minimum atomic E-state index is -4.60. The number of amides is 1. The summed E-state index contributed by atoms with van der Waals surface area (Å²) in [5, 5.41) is 0. The number of carbonyl (C=O) groups is 1. The molecular weight excluding hydrogens is 331 g/mol. The van der Waals surface area contributed by atoms with E-state index in [1.54, 1.807) is 13.8 Å². The fourth-order valence-electron chi connectivity index (χ4n) is 2.86. The second kappa shape index (κ2) is 7.63. The van der Waals surface area contributed by atoms with Crippen LogP contribution in [-0.4, -0.2) is 27.8 Å². The number of hydrogen-bond donors (Lipinski definition) is 0. The quantitative estimate of drug-likeness (QED) is 0.821. The van der Waals surface area contributed by atoms with Crippen molar-refractivity contribution in [3.05, 3.63) is 59.7 Å². The van der Waals surface area contributed by atoms with Crippen molar-refractivity contribution in [1.29, 1.82) is 0 Å². The maximum absolute atomic E-state index is 13.3. The molecule has 1 aromatic carbocycles. The van der Waals surface area contributed by atoms with Crippen LogP contribution >= 0.6 is 0 Å². The zero-order valence-electron chi connectivity index (χ0n) is 14.3. The van der Waals surface area contributed by atoms with Gasteiger partial charge in [-0.05, 0) is 11.5 Å². The van der Waals surface area contributed by atoms with E-state index in [1.807, 2.05) is 30.3 Å². The van der Waals surface area contributed by atoms with Gasteiger partial charge in [0.15, 0.2) is 5.69 Å². The maximum atomic E-state index is 13.3. The third-order valence-corrected chi connectivity index (χ3v) is 3.97. The van der Waals surface area contributed by atoms with Gasteiger partial charge in [0.2, 0.25) is 5.91 Å². The first kappa shape index (κ1) is 18.9. The van der Waals surface area contributed by atoms with Crippen LogP contribution in [-0.2, 0) is 17.4 Å². The molecule has 0 aliphatic heterocycles. The first-order valence-corrected chi connectivity index (χ1v) is 7.88. The third-order valence-electron chi connectivity index (χ3n) is 3.97. The summed E-state index contributed by atoms with van der Waals surface area (Å²) in [5.74, 6) is -0.501. The smallest absolute Gasteiger partial charge is 0.338 e. The van der Waals surface area contributed by atoms with Crippen LogP contribution in [0.4, 0.5) is 13.2 Å². The van der Waals surface area contributed by atoms with Crippen molar-refractivity contribution < 1.29 is 18.0 Å². The van der Waals surface area contributed by atoms with Gasteiger partial charge in [-0.2, -0.15) is 13.2 Å². The number of carbonyl (C=O) groups excluding carboxylic acids is 1. The van der Waals surface area contributed by atoms with E-state index in [1.165, 1.54) is 11.9 Å². The number of likely N-dealkylation sites (N-methyl/N-ethyl adjacent to an activating group) is 1. The summed E-state index contributed by atoms with van der Waals surface area (Å²) in [6, 6.07) is 8.32. The molecule has 0 spiro atoms. The molecule has 25 heavy (non-hydrogen) atoms. The van der Waals surface area contributed by atoms with Gasteiger partial charge < -0.3 is 4.90 Å². The van der Waals surface area contributed by atoms with Crippen molar-refractivity contribution in [2.75, 3.05) is 7.05 Å². The Morgan fingerprint density at radius 3 is 2.40 bits per heavy atom. The van der Waals surface area contributed by atoms with Crippen molar-refractivity contribution in [2.45, 2.75) is 32.5 Å². The van der Waals surface area contributed by atoms with Crippen LogP contribution in [0.1, 0.15) is 36.7 Å². The molecule has 1 amide bonds. The molecule has 0 aliphatic carbocycles. The molecule has 0 radical (unpaired) electrons. The zero-order chi connectivity index (χ0) is 18.6. The van der Waals surface area contributed by atoms with E-state index >= 15 is 0 Å². The van der Waals surface area contributed by atoms with E-state index in [0.29, 0.717) is 0 Å². The predicted octanol–water partition coefficient (Wildman–Crippen LogP) is 3.89. The number of hydrogen-bond acceptors (Lipinski definition) is 3. The molecule has 4 nitrogen and oxygen atoms in total. The molecule has 0 N–H and O–H groups in total. The average Bonchev–Trinajstić information content (AvgIpc) is 2.55. The Labute approximate surface area is 144 Å². The summed E-state index contributed by atoms with van der Waals surface area (Å²) in [5.41, 5.74) is -0.281. The van der Waals surface area contributed by atoms with Gasteiger partial charge >= 0.3 is 6.18 Å². The van der Waals surface area contributed by atoms with E-state index in [0.717, 1.165) is 18.1 Å². The van der Waals surface area contributed by atoms with Crippen LogP contribution in [0.25, 0.3) is 0 Å². The van der Waals surface area contributed by atoms with Gasteiger partial charge in [-0.15, -0.1) is 0 Å². The minimum absolute atomic E-state index is 0.0890. The van der Waals surface area contributed by atoms with Crippen LogP contribution < -0.4 is 0 Å². The van der Waals surface area contributed by atoms with E-state index in [2.05, 4.69) is 9.97 Å². The summed E-state index contributed by atoms with van der Waals surface area (Å²) < 4.78 is 39.9. The molecule has 0 bridgehead atoms. The lowest BCUT2D eigenvalue weighted by molar-refractivity contribution is -0.144. The Morgan fingerprint density at radius 1 is 1.20 bits per heavy atom. The van der Waals surface area contributed by atoms with Crippen molar-refractivity contribution in [2.24, 2.45) is 5.92 Å². The lowest BCUT2D eigenvalue weighted by Crippen LogP contribution is -2.36. The Morgan fingerprint density at radius 2 is 1.84 bits per heavy atom. The normalized spacial score (nSPS) is 12.9. The largest absolute Gasteiger partial charge is 0.433 e. The Bertz CT molecular complexity index is 717. The summed E-state index contributed by atoms with van der Waals surface area (Å²) >= 11 is 0. The number of rotatable bonds is 5. The summed E-state index contributed by atoms with van der Waals surface area (Å²) in [6.45, 7) is 3.54. The fourth-order valence-corrected chi connectivity index (χ4v) is 2.86. The molecule has 0 aliphatic rings. The highest BCUT2D eigenvalue weighted by molar-refractivity contribution is 5.79. The fraction of sp³-hybridized carbons (Fsp3) is 0.389. The predicted molar refractivity (Wildman–Crippen MR) is 87.5 cm³/mol. The number of benzene rings is 1. The van der Waals surface area contributed by atoms with Gasteiger partial charge in [-0.25, -0.2) is 9.97 Å². The first-order chi connectivity index (χ1) is 11.7. The summed E-state index contributed by atoms with van der Waals surface area (Å²) in [6.07, 6.45) is -2.47. The van der Waals surface area contributed by atoms with Crippen molar-refractivity contribution in [3.63, 3.8) is 0 Å². The molecule has 1 aromatic heterocycles. The van der Waals surface area contributed by atoms with Crippen LogP contribution in [0.5, 0.6) is 0 Å². The molecular formula is C18H20F3N3O. The molecule has 0 saturated carbocycles. The van der Waals surface area contributed by atoms with Gasteiger partial charge in [-0.3, -0.25) is 4.79 Å². The lowest BCUT2D eigenvalue weighted by Gasteiger charge is -2.32. The maximum Gasteiger partial charge on any atom is 0.433 e. The van der Waals surface area contributed by atoms with Crippen LogP contribution in [0.3, 0.4) is 0 Å². The topological polar surface area (TPSA) is 46.1 Å². The monoisotopic (exact) mass is 351 g/mol.